The summed E-state index contributed by atoms with van der Waals surface area (Å²) < 4.78 is 0. The third-order valence-electron chi connectivity index (χ3n) is 0. The number of carboxylic acid groups (broad SMARTS) is 1. The zero-order valence-electron chi connectivity index (χ0n) is 6.84. The molecule has 0 amide bonds. The van der Waals surface area contributed by atoms with E-state index < -0.39 is 5.97 Å². The zero-order valence-corrected chi connectivity index (χ0v) is 8.35. The Kier molecular flexibility index (Phi) is 25.8. The number of carbonyl (C=O) groups is 1. The molecule has 0 aromatic rings. The normalized spacial score (nSPS) is 7.18. The maximum atomic E-state index is 9.00. The summed E-state index contributed by atoms with van der Waals surface area (Å²) in [6.07, 6.45) is -0.167. The third-order valence-corrected chi connectivity index (χ3v) is 0. The number of carboxylic acids is 1. The van der Waals surface area contributed by atoms with Gasteiger partial charge in [-0.05, 0) is 13.8 Å². The molecule has 0 bridgehead atoms. The molecule has 0 rings (SSSR count). The van der Waals surface area contributed by atoms with Crippen LogP contribution in [0.15, 0.2) is 0 Å². The van der Waals surface area contributed by atoms with E-state index in [0.717, 1.165) is 6.92 Å². The molecule has 0 spiro atoms. The highest BCUT2D eigenvalue weighted by atomic mass is 35.5. The fraction of sp³-hybridized carbons (Fsp3) is 0.833. The van der Waals surface area contributed by atoms with Gasteiger partial charge in [0.05, 0.1) is 5.34 Å². The van der Waals surface area contributed by atoms with Crippen LogP contribution in [0.1, 0.15) is 20.8 Å². The van der Waals surface area contributed by atoms with E-state index in [0.29, 0.717) is 0 Å². The molecule has 0 unspecified atom stereocenters. The molecule has 0 heterocycles. The van der Waals surface area contributed by atoms with Crippen LogP contribution in [0.25, 0.3) is 0 Å². The van der Waals surface area contributed by atoms with Gasteiger partial charge in [-0.15, -0.1) is 23.2 Å². The second-order valence-electron chi connectivity index (χ2n) is 1.71. The Hall–Kier alpha value is 0.01000. The lowest BCUT2D eigenvalue weighted by Crippen LogP contribution is -1.85. The topological polar surface area (TPSA) is 57.5 Å². The van der Waals surface area contributed by atoms with Gasteiger partial charge < -0.3 is 10.2 Å². The summed E-state index contributed by atoms with van der Waals surface area (Å²) in [5.41, 5.74) is 0. The highest BCUT2D eigenvalue weighted by Gasteiger charge is 1.69. The Labute approximate surface area is 76.9 Å². The van der Waals surface area contributed by atoms with Gasteiger partial charge in [0.15, 0.2) is 0 Å². The van der Waals surface area contributed by atoms with Crippen LogP contribution in [0.4, 0.5) is 0 Å². The number of halogens is 2. The summed E-state index contributed by atoms with van der Waals surface area (Å²) in [6, 6.07) is 0. The van der Waals surface area contributed by atoms with E-state index >= 15 is 0 Å². The minimum Gasteiger partial charge on any atom is -0.481 e. The SMILES string of the molecule is CC(=O)O.CC(C)O.ClCCl. The lowest BCUT2D eigenvalue weighted by molar-refractivity contribution is -0.134. The lowest BCUT2D eigenvalue weighted by atomic mass is 10.5. The van der Waals surface area contributed by atoms with Gasteiger partial charge in [0.25, 0.3) is 5.97 Å². The molecule has 0 aliphatic rings. The molecule has 0 saturated heterocycles. The minimum absolute atomic E-state index is 0.167. The van der Waals surface area contributed by atoms with Crippen molar-refractivity contribution in [3.63, 3.8) is 0 Å². The molecular formula is C6H14Cl2O3. The van der Waals surface area contributed by atoms with Crippen LogP contribution in [-0.4, -0.2) is 27.6 Å². The molecule has 0 aromatic carbocycles. The summed E-state index contributed by atoms with van der Waals surface area (Å²) in [4.78, 5) is 9.00. The van der Waals surface area contributed by atoms with Crippen molar-refractivity contribution in [2.75, 3.05) is 5.34 Å². The monoisotopic (exact) mass is 204 g/mol. The van der Waals surface area contributed by atoms with Crippen molar-refractivity contribution in [1.29, 1.82) is 0 Å². The van der Waals surface area contributed by atoms with Crippen molar-refractivity contribution in [2.24, 2.45) is 0 Å². The first-order chi connectivity index (χ1) is 4.88. The van der Waals surface area contributed by atoms with E-state index in [1.54, 1.807) is 13.8 Å². The standard InChI is InChI=1S/C3H8O.C2H4O2.CH2Cl2/c1-3(2)4;1-2(3)4;2-1-3/h3-4H,1-2H3;1H3,(H,3,4);1H2. The second kappa shape index (κ2) is 16.5. The maximum absolute atomic E-state index is 9.00. The zero-order chi connectivity index (χ0) is 9.86. The van der Waals surface area contributed by atoms with Crippen LogP contribution >= 0.6 is 23.2 Å². The van der Waals surface area contributed by atoms with Gasteiger partial charge in [-0.25, -0.2) is 0 Å². The van der Waals surface area contributed by atoms with E-state index in [9.17, 15) is 0 Å². The Morgan fingerprint density at radius 3 is 1.45 bits per heavy atom. The average molecular weight is 205 g/mol. The summed E-state index contributed by atoms with van der Waals surface area (Å²) in [5.74, 6) is -0.833. The number of hydrogen-bond acceptors (Lipinski definition) is 2. The molecule has 11 heavy (non-hydrogen) atoms. The number of hydrogen-bond donors (Lipinski definition) is 2. The predicted molar refractivity (Wildman–Crippen MR) is 47.2 cm³/mol. The molecular weight excluding hydrogens is 191 g/mol. The smallest absolute Gasteiger partial charge is 0.300 e. The summed E-state index contributed by atoms with van der Waals surface area (Å²) >= 11 is 9.53. The van der Waals surface area contributed by atoms with Gasteiger partial charge in [0, 0.05) is 13.0 Å². The number of rotatable bonds is 0. The molecule has 0 saturated carbocycles. The van der Waals surface area contributed by atoms with Crippen LogP contribution < -0.4 is 0 Å². The highest BCUT2D eigenvalue weighted by molar-refractivity contribution is 6.40. The Morgan fingerprint density at radius 2 is 1.45 bits per heavy atom. The van der Waals surface area contributed by atoms with Gasteiger partial charge in [-0.1, -0.05) is 0 Å². The quantitative estimate of drug-likeness (QED) is 0.593. The largest absolute Gasteiger partial charge is 0.481 e. The number of alkyl halides is 2. The number of aliphatic hydroxyl groups is 1. The molecule has 5 heteroatoms. The summed E-state index contributed by atoms with van der Waals surface area (Å²) in [5, 5.41) is 15.7. The first kappa shape index (κ1) is 17.2. The van der Waals surface area contributed by atoms with Crippen LogP contribution in [0.3, 0.4) is 0 Å². The fourth-order valence-electron chi connectivity index (χ4n) is 0. The first-order valence-corrected chi connectivity index (χ1v) is 3.94. The fourth-order valence-corrected chi connectivity index (χ4v) is 0. The van der Waals surface area contributed by atoms with Crippen molar-refractivity contribution in [2.45, 2.75) is 26.9 Å². The van der Waals surface area contributed by atoms with Crippen molar-refractivity contribution >= 4 is 29.2 Å². The van der Waals surface area contributed by atoms with E-state index in [2.05, 4.69) is 0 Å². The van der Waals surface area contributed by atoms with E-state index in [1.165, 1.54) is 0 Å². The van der Waals surface area contributed by atoms with Crippen LogP contribution in [0, 0.1) is 0 Å². The molecule has 0 aliphatic heterocycles. The van der Waals surface area contributed by atoms with Crippen molar-refractivity contribution < 1.29 is 15.0 Å². The molecule has 0 fully saturated rings. The molecule has 0 aliphatic carbocycles. The van der Waals surface area contributed by atoms with Crippen LogP contribution in [-0.2, 0) is 4.79 Å². The number of aliphatic hydroxyl groups excluding tert-OH is 1. The molecule has 70 valence electrons. The minimum atomic E-state index is -0.833. The third kappa shape index (κ3) is 6420000. The van der Waals surface area contributed by atoms with E-state index in [1.807, 2.05) is 0 Å². The molecule has 2 N–H and O–H groups in total. The van der Waals surface area contributed by atoms with E-state index in [4.69, 9.17) is 38.2 Å². The molecule has 0 aromatic heterocycles. The van der Waals surface area contributed by atoms with Gasteiger partial charge in [-0.3, -0.25) is 4.79 Å². The van der Waals surface area contributed by atoms with Crippen molar-refractivity contribution in [1.82, 2.24) is 0 Å². The predicted octanol–water partition coefficient (Wildman–Crippen LogP) is 1.90. The summed E-state index contributed by atoms with van der Waals surface area (Å²) in [6.45, 7) is 4.53. The Balaban J connectivity index is -0.0000000886. The van der Waals surface area contributed by atoms with Crippen molar-refractivity contribution in [3.8, 4) is 0 Å². The first-order valence-electron chi connectivity index (χ1n) is 2.88. The lowest BCUT2D eigenvalue weighted by Gasteiger charge is -1.80. The summed E-state index contributed by atoms with van der Waals surface area (Å²) in [7, 11) is 0. The highest BCUT2D eigenvalue weighted by Crippen LogP contribution is 1.73. The molecule has 0 atom stereocenters. The van der Waals surface area contributed by atoms with Gasteiger partial charge in [-0.2, -0.15) is 0 Å². The van der Waals surface area contributed by atoms with Gasteiger partial charge in [0.1, 0.15) is 0 Å². The van der Waals surface area contributed by atoms with E-state index in [-0.39, 0.29) is 11.4 Å². The van der Waals surface area contributed by atoms with Crippen LogP contribution in [0.2, 0.25) is 0 Å². The number of aliphatic carboxylic acids is 1. The second-order valence-corrected chi connectivity index (χ2v) is 2.52. The average Bonchev–Trinajstić information content (AvgIpc) is 1.60. The molecule has 3 nitrogen and oxygen atoms in total. The van der Waals surface area contributed by atoms with Crippen molar-refractivity contribution in [3.05, 3.63) is 0 Å². The van der Waals surface area contributed by atoms with Crippen LogP contribution in [0.5, 0.6) is 0 Å². The Bertz CT molecular complexity index is 69.5. The van der Waals surface area contributed by atoms with Gasteiger partial charge in [0.2, 0.25) is 0 Å². The maximum Gasteiger partial charge on any atom is 0.300 e. The van der Waals surface area contributed by atoms with Gasteiger partial charge >= 0.3 is 0 Å². The molecule has 0 radical (unpaired) electrons. The Morgan fingerprint density at radius 1 is 1.45 bits per heavy atom.